The first-order valence-electron chi connectivity index (χ1n) is 8.15. The molecule has 0 spiro atoms. The summed E-state index contributed by atoms with van der Waals surface area (Å²) in [7, 11) is 0. The van der Waals surface area contributed by atoms with E-state index < -0.39 is 11.7 Å². The molecule has 0 aromatic heterocycles. The van der Waals surface area contributed by atoms with Gasteiger partial charge in [0.15, 0.2) is 0 Å². The van der Waals surface area contributed by atoms with E-state index in [1.807, 2.05) is 17.0 Å². The Morgan fingerprint density at radius 2 is 1.83 bits per heavy atom. The fraction of sp³-hybridized carbons (Fsp3) is 0.263. The number of hydrogen-bond donors (Lipinski definition) is 1. The molecule has 122 valence electrons. The van der Waals surface area contributed by atoms with E-state index in [1.54, 1.807) is 12.1 Å². The maximum atomic E-state index is 13.8. The first-order valence-corrected chi connectivity index (χ1v) is 8.15. The number of aryl methyl sites for hydroxylation is 2. The standard InChI is InChI=1S/C19H17FN2O2/c20-16-6-2-1-5-15(16)19(24)21-14-10-12-4-3-9-22-17(23)8-7-13(11-14)18(12)22/h1-2,5-6,10-11H,3-4,7-9H2,(H,21,24). The Balaban J connectivity index is 1.67. The molecule has 0 saturated heterocycles. The molecular formula is C19H17FN2O2. The van der Waals surface area contributed by atoms with Crippen molar-refractivity contribution in [1.82, 2.24) is 0 Å². The van der Waals surface area contributed by atoms with E-state index in [0.717, 1.165) is 36.2 Å². The number of carbonyl (C=O) groups is 2. The summed E-state index contributed by atoms with van der Waals surface area (Å²) in [6.45, 7) is 0.764. The fourth-order valence-electron chi connectivity index (χ4n) is 3.57. The zero-order valence-electron chi connectivity index (χ0n) is 13.1. The second kappa shape index (κ2) is 5.74. The van der Waals surface area contributed by atoms with Gasteiger partial charge in [0, 0.05) is 18.7 Å². The van der Waals surface area contributed by atoms with Crippen molar-refractivity contribution in [3.8, 4) is 0 Å². The molecule has 2 aliphatic heterocycles. The largest absolute Gasteiger partial charge is 0.322 e. The third-order valence-corrected chi connectivity index (χ3v) is 4.65. The molecule has 2 aromatic carbocycles. The molecule has 4 rings (SSSR count). The highest BCUT2D eigenvalue weighted by Gasteiger charge is 2.29. The molecule has 0 aliphatic carbocycles. The maximum Gasteiger partial charge on any atom is 0.258 e. The van der Waals surface area contributed by atoms with Crippen LogP contribution >= 0.6 is 0 Å². The Kier molecular flexibility index (Phi) is 3.56. The summed E-state index contributed by atoms with van der Waals surface area (Å²) in [6.07, 6.45) is 2.98. The van der Waals surface area contributed by atoms with Crippen molar-refractivity contribution in [3.63, 3.8) is 0 Å². The third-order valence-electron chi connectivity index (χ3n) is 4.65. The Morgan fingerprint density at radius 3 is 2.62 bits per heavy atom. The third kappa shape index (κ3) is 2.46. The number of rotatable bonds is 2. The van der Waals surface area contributed by atoms with Crippen molar-refractivity contribution in [1.29, 1.82) is 0 Å². The molecule has 0 radical (unpaired) electrons. The van der Waals surface area contributed by atoms with Gasteiger partial charge in [-0.05, 0) is 54.7 Å². The van der Waals surface area contributed by atoms with Gasteiger partial charge >= 0.3 is 0 Å². The molecule has 2 heterocycles. The van der Waals surface area contributed by atoms with Crippen LogP contribution < -0.4 is 10.2 Å². The maximum absolute atomic E-state index is 13.8. The molecule has 0 saturated carbocycles. The van der Waals surface area contributed by atoms with Gasteiger partial charge in [0.25, 0.3) is 5.91 Å². The van der Waals surface area contributed by atoms with Crippen LogP contribution in [0.1, 0.15) is 34.3 Å². The first kappa shape index (κ1) is 14.9. The molecule has 2 amide bonds. The second-order valence-corrected chi connectivity index (χ2v) is 6.23. The molecule has 4 nitrogen and oxygen atoms in total. The highest BCUT2D eigenvalue weighted by Crippen LogP contribution is 2.37. The Hall–Kier alpha value is -2.69. The van der Waals surface area contributed by atoms with Crippen LogP contribution in [0.4, 0.5) is 15.8 Å². The molecule has 0 bridgehead atoms. The van der Waals surface area contributed by atoms with Gasteiger partial charge < -0.3 is 10.2 Å². The molecule has 1 N–H and O–H groups in total. The molecular weight excluding hydrogens is 307 g/mol. The lowest BCUT2D eigenvalue weighted by atomic mass is 9.91. The smallest absolute Gasteiger partial charge is 0.258 e. The van der Waals surface area contributed by atoms with Crippen LogP contribution in [0.3, 0.4) is 0 Å². The minimum Gasteiger partial charge on any atom is -0.322 e. The Labute approximate surface area is 139 Å². The van der Waals surface area contributed by atoms with E-state index >= 15 is 0 Å². The average Bonchev–Trinajstić information content (AvgIpc) is 2.58. The van der Waals surface area contributed by atoms with Gasteiger partial charge in [0.05, 0.1) is 11.3 Å². The number of benzene rings is 2. The highest BCUT2D eigenvalue weighted by molar-refractivity contribution is 6.05. The van der Waals surface area contributed by atoms with E-state index in [2.05, 4.69) is 5.32 Å². The molecule has 0 unspecified atom stereocenters. The normalized spacial score (nSPS) is 15.9. The topological polar surface area (TPSA) is 49.4 Å². The molecule has 2 aliphatic rings. The zero-order chi connectivity index (χ0) is 16.7. The van der Waals surface area contributed by atoms with Gasteiger partial charge in [0.1, 0.15) is 5.82 Å². The number of nitrogens with zero attached hydrogens (tertiary/aromatic N) is 1. The molecule has 24 heavy (non-hydrogen) atoms. The van der Waals surface area contributed by atoms with E-state index in [9.17, 15) is 14.0 Å². The SMILES string of the molecule is O=C(Nc1cc2c3c(c1)CCC(=O)N3CCC2)c1ccccc1F. The zero-order valence-corrected chi connectivity index (χ0v) is 13.1. The Bertz CT molecular complexity index is 830. The monoisotopic (exact) mass is 324 g/mol. The molecule has 0 fully saturated rings. The van der Waals surface area contributed by atoms with Crippen LogP contribution in [0.15, 0.2) is 36.4 Å². The van der Waals surface area contributed by atoms with Crippen LogP contribution in [-0.2, 0) is 17.6 Å². The number of amides is 2. The molecule has 5 heteroatoms. The fourth-order valence-corrected chi connectivity index (χ4v) is 3.57. The lowest BCUT2D eigenvalue weighted by molar-refractivity contribution is -0.119. The van der Waals surface area contributed by atoms with Crippen LogP contribution in [-0.4, -0.2) is 18.4 Å². The highest BCUT2D eigenvalue weighted by atomic mass is 19.1. The minimum absolute atomic E-state index is 0.0284. The van der Waals surface area contributed by atoms with E-state index in [4.69, 9.17) is 0 Å². The predicted octanol–water partition coefficient (Wildman–Crippen LogP) is 3.30. The predicted molar refractivity (Wildman–Crippen MR) is 89.8 cm³/mol. The lowest BCUT2D eigenvalue weighted by Gasteiger charge is -2.35. The summed E-state index contributed by atoms with van der Waals surface area (Å²) in [5, 5.41) is 2.79. The van der Waals surface area contributed by atoms with Crippen molar-refractivity contribution in [2.75, 3.05) is 16.8 Å². The van der Waals surface area contributed by atoms with Crippen molar-refractivity contribution >= 4 is 23.2 Å². The van der Waals surface area contributed by atoms with Crippen LogP contribution in [0.2, 0.25) is 0 Å². The van der Waals surface area contributed by atoms with Crippen molar-refractivity contribution < 1.29 is 14.0 Å². The number of anilines is 2. The van der Waals surface area contributed by atoms with Crippen molar-refractivity contribution in [2.45, 2.75) is 25.7 Å². The summed E-state index contributed by atoms with van der Waals surface area (Å²) in [4.78, 5) is 26.3. The molecule has 2 aromatic rings. The quantitative estimate of drug-likeness (QED) is 0.921. The van der Waals surface area contributed by atoms with Crippen LogP contribution in [0.25, 0.3) is 0 Å². The van der Waals surface area contributed by atoms with Gasteiger partial charge in [-0.15, -0.1) is 0 Å². The lowest BCUT2D eigenvalue weighted by Crippen LogP contribution is -2.39. The number of hydrogen-bond acceptors (Lipinski definition) is 2. The average molecular weight is 324 g/mol. The Morgan fingerprint density at radius 1 is 1.08 bits per heavy atom. The summed E-state index contributed by atoms with van der Waals surface area (Å²) in [5.41, 5.74) is 3.86. The second-order valence-electron chi connectivity index (χ2n) is 6.23. The number of nitrogens with one attached hydrogen (secondary N) is 1. The van der Waals surface area contributed by atoms with Crippen LogP contribution in [0.5, 0.6) is 0 Å². The first-order chi connectivity index (χ1) is 11.6. The summed E-state index contributed by atoms with van der Waals surface area (Å²) < 4.78 is 13.8. The van der Waals surface area contributed by atoms with Gasteiger partial charge in [-0.1, -0.05) is 12.1 Å². The van der Waals surface area contributed by atoms with Crippen molar-refractivity contribution in [3.05, 3.63) is 58.9 Å². The van der Waals surface area contributed by atoms with E-state index in [0.29, 0.717) is 18.5 Å². The van der Waals surface area contributed by atoms with Crippen molar-refractivity contribution in [2.24, 2.45) is 0 Å². The summed E-state index contributed by atoms with van der Waals surface area (Å²) in [6, 6.07) is 9.74. The van der Waals surface area contributed by atoms with E-state index in [1.165, 1.54) is 12.1 Å². The minimum atomic E-state index is -0.536. The summed E-state index contributed by atoms with van der Waals surface area (Å²) in [5.74, 6) is -0.822. The number of carbonyl (C=O) groups excluding carboxylic acids is 2. The summed E-state index contributed by atoms with van der Waals surface area (Å²) >= 11 is 0. The number of halogens is 1. The van der Waals surface area contributed by atoms with Gasteiger partial charge in [0.2, 0.25) is 5.91 Å². The van der Waals surface area contributed by atoms with E-state index in [-0.39, 0.29) is 11.5 Å². The molecule has 0 atom stereocenters. The van der Waals surface area contributed by atoms with Crippen LogP contribution in [0, 0.1) is 5.82 Å². The van der Waals surface area contributed by atoms with Gasteiger partial charge in [-0.2, -0.15) is 0 Å². The van der Waals surface area contributed by atoms with Gasteiger partial charge in [-0.3, -0.25) is 9.59 Å². The van der Waals surface area contributed by atoms with Gasteiger partial charge in [-0.25, -0.2) is 4.39 Å².